The molecular formula is C13H17BrN4S. The summed E-state index contributed by atoms with van der Waals surface area (Å²) < 4.78 is 2.91. The molecule has 19 heavy (non-hydrogen) atoms. The Morgan fingerprint density at radius 2 is 2.16 bits per heavy atom. The second-order valence-corrected chi connectivity index (χ2v) is 6.36. The average molecular weight is 341 g/mol. The summed E-state index contributed by atoms with van der Waals surface area (Å²) in [5, 5.41) is 4.17. The van der Waals surface area contributed by atoms with Crippen molar-refractivity contribution in [2.75, 3.05) is 5.75 Å². The maximum atomic E-state index is 5.62. The van der Waals surface area contributed by atoms with Crippen molar-refractivity contribution in [3.63, 3.8) is 0 Å². The van der Waals surface area contributed by atoms with Gasteiger partial charge in [-0.05, 0) is 36.2 Å². The minimum atomic E-state index is 0.234. The number of halogens is 1. The maximum Gasteiger partial charge on any atom is 0.0522 e. The lowest BCUT2D eigenvalue weighted by molar-refractivity contribution is 0.575. The Labute approximate surface area is 125 Å². The van der Waals surface area contributed by atoms with Crippen molar-refractivity contribution in [3.05, 3.63) is 46.7 Å². The van der Waals surface area contributed by atoms with Crippen molar-refractivity contribution in [2.45, 2.75) is 17.4 Å². The quantitative estimate of drug-likeness (QED) is 0.481. The summed E-state index contributed by atoms with van der Waals surface area (Å²) in [5.41, 5.74) is 4.07. The first kappa shape index (κ1) is 14.6. The number of hydrogen-bond acceptors (Lipinski definition) is 4. The van der Waals surface area contributed by atoms with E-state index in [-0.39, 0.29) is 6.04 Å². The summed E-state index contributed by atoms with van der Waals surface area (Å²) in [6.45, 7) is 0. The van der Waals surface area contributed by atoms with Crippen molar-refractivity contribution in [3.8, 4) is 0 Å². The van der Waals surface area contributed by atoms with Gasteiger partial charge in [0.25, 0.3) is 0 Å². The molecule has 1 aromatic heterocycles. The molecule has 2 aromatic rings. The van der Waals surface area contributed by atoms with Crippen LogP contribution in [0.25, 0.3) is 0 Å². The van der Waals surface area contributed by atoms with Gasteiger partial charge in [-0.25, -0.2) is 0 Å². The number of hydrazine groups is 1. The zero-order chi connectivity index (χ0) is 13.7. The van der Waals surface area contributed by atoms with Crippen LogP contribution in [0.5, 0.6) is 0 Å². The van der Waals surface area contributed by atoms with Crippen LogP contribution in [0.3, 0.4) is 0 Å². The smallest absolute Gasteiger partial charge is 0.0522 e. The molecule has 6 heteroatoms. The minimum Gasteiger partial charge on any atom is -0.276 e. The molecule has 2 rings (SSSR count). The van der Waals surface area contributed by atoms with Gasteiger partial charge in [0.1, 0.15) is 0 Å². The van der Waals surface area contributed by atoms with Gasteiger partial charge in [-0.3, -0.25) is 16.0 Å². The molecule has 0 spiro atoms. The Bertz CT molecular complexity index is 512. The highest BCUT2D eigenvalue weighted by molar-refractivity contribution is 9.10. The summed E-state index contributed by atoms with van der Waals surface area (Å²) in [4.78, 5) is 1.25. The van der Waals surface area contributed by atoms with Gasteiger partial charge in [-0.15, -0.1) is 11.8 Å². The predicted molar refractivity (Wildman–Crippen MR) is 82.9 cm³/mol. The summed E-state index contributed by atoms with van der Waals surface area (Å²) in [7, 11) is 1.92. The lowest BCUT2D eigenvalue weighted by atomic mass is 10.1. The largest absolute Gasteiger partial charge is 0.276 e. The second-order valence-electron chi connectivity index (χ2n) is 4.35. The first-order chi connectivity index (χ1) is 9.17. The van der Waals surface area contributed by atoms with Gasteiger partial charge in [-0.1, -0.05) is 15.9 Å². The third-order valence-electron chi connectivity index (χ3n) is 2.74. The number of aromatic nitrogens is 2. The molecule has 0 aliphatic heterocycles. The van der Waals surface area contributed by atoms with Gasteiger partial charge in [0, 0.05) is 34.4 Å². The molecule has 1 atom stereocenters. The molecule has 0 saturated carbocycles. The molecule has 102 valence electrons. The highest BCUT2D eigenvalue weighted by Crippen LogP contribution is 2.21. The van der Waals surface area contributed by atoms with Crippen molar-refractivity contribution < 1.29 is 0 Å². The summed E-state index contributed by atoms with van der Waals surface area (Å²) >= 11 is 5.23. The molecule has 1 unspecified atom stereocenters. The third-order valence-corrected chi connectivity index (χ3v) is 4.44. The van der Waals surface area contributed by atoms with Crippen LogP contribution in [0.2, 0.25) is 0 Å². The molecule has 1 aromatic carbocycles. The SMILES string of the molecule is Cn1cc(CC(CSc2ccc(Br)cc2)NN)cn1. The van der Waals surface area contributed by atoms with Crippen molar-refractivity contribution in [2.24, 2.45) is 12.9 Å². The molecule has 4 nitrogen and oxygen atoms in total. The van der Waals surface area contributed by atoms with Crippen LogP contribution in [0.15, 0.2) is 46.0 Å². The number of aryl methyl sites for hydroxylation is 1. The van der Waals surface area contributed by atoms with Crippen LogP contribution in [-0.4, -0.2) is 21.6 Å². The molecule has 3 N–H and O–H groups in total. The molecule has 0 fully saturated rings. The second kappa shape index (κ2) is 7.09. The Kier molecular flexibility index (Phi) is 5.45. The van der Waals surface area contributed by atoms with Gasteiger partial charge < -0.3 is 0 Å². The van der Waals surface area contributed by atoms with Crippen LogP contribution >= 0.6 is 27.7 Å². The van der Waals surface area contributed by atoms with E-state index in [9.17, 15) is 0 Å². The molecule has 0 aliphatic rings. The summed E-state index contributed by atoms with van der Waals surface area (Å²) in [6.07, 6.45) is 4.79. The van der Waals surface area contributed by atoms with E-state index in [2.05, 4.69) is 38.6 Å². The Morgan fingerprint density at radius 3 is 2.74 bits per heavy atom. The standard InChI is InChI=1S/C13H17BrN4S/c1-18-8-10(7-16-18)6-12(17-15)9-19-13-4-2-11(14)3-5-13/h2-5,7-8,12,17H,6,9,15H2,1H3. The number of thioether (sulfide) groups is 1. The van der Waals surface area contributed by atoms with E-state index in [4.69, 9.17) is 5.84 Å². The average Bonchev–Trinajstić information content (AvgIpc) is 2.82. The van der Waals surface area contributed by atoms with Gasteiger partial charge in [-0.2, -0.15) is 5.10 Å². The van der Waals surface area contributed by atoms with Crippen molar-refractivity contribution in [1.82, 2.24) is 15.2 Å². The van der Waals surface area contributed by atoms with Gasteiger partial charge >= 0.3 is 0 Å². The molecule has 0 amide bonds. The Morgan fingerprint density at radius 1 is 1.42 bits per heavy atom. The summed E-state index contributed by atoms with van der Waals surface area (Å²) in [6, 6.07) is 8.54. The lowest BCUT2D eigenvalue weighted by Crippen LogP contribution is -2.38. The van der Waals surface area contributed by atoms with Gasteiger partial charge in [0.15, 0.2) is 0 Å². The number of hydrogen-bond donors (Lipinski definition) is 2. The predicted octanol–water partition coefficient (Wildman–Crippen LogP) is 2.35. The Hall–Kier alpha value is -0.820. The van der Waals surface area contributed by atoms with E-state index in [0.29, 0.717) is 0 Å². The fraction of sp³-hybridized carbons (Fsp3) is 0.308. The van der Waals surface area contributed by atoms with E-state index in [0.717, 1.165) is 16.6 Å². The van der Waals surface area contributed by atoms with E-state index < -0.39 is 0 Å². The highest BCUT2D eigenvalue weighted by atomic mass is 79.9. The Balaban J connectivity index is 1.87. The molecular weight excluding hydrogens is 324 g/mol. The van der Waals surface area contributed by atoms with E-state index in [1.165, 1.54) is 10.5 Å². The number of benzene rings is 1. The molecule has 0 aliphatic carbocycles. The fourth-order valence-electron chi connectivity index (χ4n) is 1.76. The minimum absolute atomic E-state index is 0.234. The summed E-state index contributed by atoms with van der Waals surface area (Å²) in [5.74, 6) is 6.54. The number of nitrogens with one attached hydrogen (secondary N) is 1. The highest BCUT2D eigenvalue weighted by Gasteiger charge is 2.09. The van der Waals surface area contributed by atoms with E-state index >= 15 is 0 Å². The van der Waals surface area contributed by atoms with Gasteiger partial charge in [0.05, 0.1) is 6.20 Å². The van der Waals surface area contributed by atoms with Crippen molar-refractivity contribution in [1.29, 1.82) is 0 Å². The topological polar surface area (TPSA) is 55.9 Å². The number of nitrogens with zero attached hydrogens (tertiary/aromatic N) is 2. The molecule has 0 radical (unpaired) electrons. The molecule has 0 bridgehead atoms. The van der Waals surface area contributed by atoms with Crippen LogP contribution < -0.4 is 11.3 Å². The maximum absolute atomic E-state index is 5.62. The molecule has 0 saturated heterocycles. The normalized spacial score (nSPS) is 12.6. The zero-order valence-electron chi connectivity index (χ0n) is 10.7. The molecule has 1 heterocycles. The number of nitrogens with two attached hydrogens (primary N) is 1. The fourth-order valence-corrected chi connectivity index (χ4v) is 2.96. The van der Waals surface area contributed by atoms with Crippen molar-refractivity contribution >= 4 is 27.7 Å². The van der Waals surface area contributed by atoms with Gasteiger partial charge in [0.2, 0.25) is 0 Å². The third kappa shape index (κ3) is 4.65. The first-order valence-corrected chi connectivity index (χ1v) is 7.77. The van der Waals surface area contributed by atoms with Crippen LogP contribution in [-0.2, 0) is 13.5 Å². The van der Waals surface area contributed by atoms with Crippen LogP contribution in [0.4, 0.5) is 0 Å². The number of rotatable bonds is 6. The van der Waals surface area contributed by atoms with E-state index in [1.54, 1.807) is 11.8 Å². The first-order valence-electron chi connectivity index (χ1n) is 5.99. The lowest BCUT2D eigenvalue weighted by Gasteiger charge is -2.14. The monoisotopic (exact) mass is 340 g/mol. The van der Waals surface area contributed by atoms with E-state index in [1.807, 2.05) is 36.3 Å². The zero-order valence-corrected chi connectivity index (χ0v) is 13.1. The van der Waals surface area contributed by atoms with Crippen LogP contribution in [0.1, 0.15) is 5.56 Å². The van der Waals surface area contributed by atoms with Crippen LogP contribution in [0, 0.1) is 0 Å².